The average molecular weight is 393 g/mol. The molecule has 0 aliphatic carbocycles. The van der Waals surface area contributed by atoms with Crippen molar-refractivity contribution < 1.29 is 13.3 Å². The maximum Gasteiger partial charge on any atom is 0.312 e. The summed E-state index contributed by atoms with van der Waals surface area (Å²) in [6.45, 7) is 0. The molecule has 7 nitrogen and oxygen atoms in total. The Hall–Kier alpha value is -1.71. The third-order valence-corrected chi connectivity index (χ3v) is 4.96. The molecule has 110 valence electrons. The molecular formula is C11H7BrClN3O4S. The number of anilines is 1. The minimum absolute atomic E-state index is 0.0644. The molecule has 0 saturated heterocycles. The largest absolute Gasteiger partial charge is 0.312 e. The topological polar surface area (TPSA) is 102 Å². The molecule has 2 rings (SSSR count). The van der Waals surface area contributed by atoms with Gasteiger partial charge in [0.15, 0.2) is 0 Å². The maximum absolute atomic E-state index is 12.3. The Morgan fingerprint density at radius 1 is 1.24 bits per heavy atom. The van der Waals surface area contributed by atoms with Gasteiger partial charge < -0.3 is 0 Å². The van der Waals surface area contributed by atoms with E-state index in [0.717, 1.165) is 6.07 Å². The number of rotatable bonds is 4. The first-order valence-corrected chi connectivity index (χ1v) is 8.05. The van der Waals surface area contributed by atoms with Crippen LogP contribution in [0.2, 0.25) is 5.15 Å². The Morgan fingerprint density at radius 2 is 1.90 bits per heavy atom. The van der Waals surface area contributed by atoms with Crippen molar-refractivity contribution in [3.63, 3.8) is 0 Å². The Kier molecular flexibility index (Phi) is 4.45. The van der Waals surface area contributed by atoms with Gasteiger partial charge in [0.05, 0.1) is 4.92 Å². The van der Waals surface area contributed by atoms with Crippen molar-refractivity contribution in [3.8, 4) is 0 Å². The lowest BCUT2D eigenvalue weighted by atomic mass is 10.4. The zero-order valence-corrected chi connectivity index (χ0v) is 13.3. The van der Waals surface area contributed by atoms with Crippen LogP contribution in [0, 0.1) is 10.1 Å². The van der Waals surface area contributed by atoms with Gasteiger partial charge in [0.25, 0.3) is 10.0 Å². The lowest BCUT2D eigenvalue weighted by Crippen LogP contribution is -2.15. The van der Waals surface area contributed by atoms with Crippen LogP contribution >= 0.6 is 27.5 Å². The van der Waals surface area contributed by atoms with Crippen molar-refractivity contribution in [1.82, 2.24) is 4.98 Å². The van der Waals surface area contributed by atoms with Crippen LogP contribution in [0.15, 0.2) is 45.8 Å². The molecule has 0 radical (unpaired) electrons. The molecule has 0 unspecified atom stereocenters. The van der Waals surface area contributed by atoms with Gasteiger partial charge in [-0.25, -0.2) is 13.4 Å². The van der Waals surface area contributed by atoms with Gasteiger partial charge in [0, 0.05) is 10.5 Å². The molecule has 0 aliphatic rings. The van der Waals surface area contributed by atoms with E-state index in [1.807, 2.05) is 0 Å². The molecule has 0 bridgehead atoms. The van der Waals surface area contributed by atoms with Gasteiger partial charge in [0.2, 0.25) is 5.82 Å². The SMILES string of the molecule is O=[N+]([O-])c1ccc(Cl)nc1NS(=O)(=O)c1ccccc1Br. The monoisotopic (exact) mass is 391 g/mol. The second-order valence-corrected chi connectivity index (χ2v) is 6.69. The van der Waals surface area contributed by atoms with E-state index in [-0.39, 0.29) is 10.0 Å². The summed E-state index contributed by atoms with van der Waals surface area (Å²) in [4.78, 5) is 13.7. The van der Waals surface area contributed by atoms with Crippen LogP contribution in [0.4, 0.5) is 11.5 Å². The molecule has 0 atom stereocenters. The molecule has 0 spiro atoms. The highest BCUT2D eigenvalue weighted by Gasteiger charge is 2.24. The zero-order valence-electron chi connectivity index (χ0n) is 10.2. The van der Waals surface area contributed by atoms with Gasteiger partial charge in [-0.3, -0.25) is 14.8 Å². The summed E-state index contributed by atoms with van der Waals surface area (Å²) in [6, 6.07) is 8.34. The second kappa shape index (κ2) is 5.96. The highest BCUT2D eigenvalue weighted by Crippen LogP contribution is 2.28. The number of pyridine rings is 1. The van der Waals surface area contributed by atoms with Crippen LogP contribution in [-0.4, -0.2) is 18.3 Å². The highest BCUT2D eigenvalue weighted by molar-refractivity contribution is 9.10. The molecule has 1 aromatic heterocycles. The minimum Gasteiger partial charge on any atom is -0.258 e. The van der Waals surface area contributed by atoms with Crippen molar-refractivity contribution in [1.29, 1.82) is 0 Å². The highest BCUT2D eigenvalue weighted by atomic mass is 79.9. The summed E-state index contributed by atoms with van der Waals surface area (Å²) >= 11 is 8.76. The van der Waals surface area contributed by atoms with Gasteiger partial charge in [-0.2, -0.15) is 0 Å². The van der Waals surface area contributed by atoms with E-state index < -0.39 is 26.5 Å². The normalized spacial score (nSPS) is 11.1. The first kappa shape index (κ1) is 15.7. The third-order valence-electron chi connectivity index (χ3n) is 2.39. The molecule has 1 heterocycles. The van der Waals surface area contributed by atoms with Crippen LogP contribution in [0.25, 0.3) is 0 Å². The molecule has 0 aliphatic heterocycles. The first-order chi connectivity index (χ1) is 9.81. The van der Waals surface area contributed by atoms with E-state index >= 15 is 0 Å². The second-order valence-electron chi connectivity index (χ2n) is 3.79. The van der Waals surface area contributed by atoms with Crippen LogP contribution in [0.5, 0.6) is 0 Å². The molecule has 0 saturated carbocycles. The van der Waals surface area contributed by atoms with E-state index in [4.69, 9.17) is 11.6 Å². The smallest absolute Gasteiger partial charge is 0.258 e. The fourth-order valence-electron chi connectivity index (χ4n) is 1.50. The summed E-state index contributed by atoms with van der Waals surface area (Å²) in [5.41, 5.74) is -0.491. The molecule has 0 amide bonds. The summed E-state index contributed by atoms with van der Waals surface area (Å²) in [7, 11) is -4.04. The Balaban J connectivity index is 2.49. The van der Waals surface area contributed by atoms with Gasteiger partial charge >= 0.3 is 5.69 Å². The van der Waals surface area contributed by atoms with Crippen LogP contribution in [0.1, 0.15) is 0 Å². The van der Waals surface area contributed by atoms with Crippen LogP contribution in [0.3, 0.4) is 0 Å². The van der Waals surface area contributed by atoms with Gasteiger partial charge in [0.1, 0.15) is 10.0 Å². The van der Waals surface area contributed by atoms with Gasteiger partial charge in [-0.15, -0.1) is 0 Å². The van der Waals surface area contributed by atoms with E-state index in [1.165, 1.54) is 24.3 Å². The summed E-state index contributed by atoms with van der Waals surface area (Å²) in [5.74, 6) is -0.441. The zero-order chi connectivity index (χ0) is 15.6. The number of nitrogens with one attached hydrogen (secondary N) is 1. The number of hydrogen-bond acceptors (Lipinski definition) is 5. The van der Waals surface area contributed by atoms with Crippen molar-refractivity contribution in [3.05, 3.63) is 56.1 Å². The molecule has 10 heteroatoms. The van der Waals surface area contributed by atoms with E-state index in [2.05, 4.69) is 25.6 Å². The molecule has 1 N–H and O–H groups in total. The molecule has 2 aromatic rings. The summed E-state index contributed by atoms with van der Waals surface area (Å²) < 4.78 is 26.9. The Bertz CT molecular complexity index is 813. The maximum atomic E-state index is 12.3. The quantitative estimate of drug-likeness (QED) is 0.489. The first-order valence-electron chi connectivity index (χ1n) is 5.39. The lowest BCUT2D eigenvalue weighted by Gasteiger charge is -2.09. The Labute approximate surface area is 133 Å². The van der Waals surface area contributed by atoms with Gasteiger partial charge in [-0.1, -0.05) is 23.7 Å². The van der Waals surface area contributed by atoms with Crippen LogP contribution in [-0.2, 0) is 10.0 Å². The predicted molar refractivity (Wildman–Crippen MR) is 80.9 cm³/mol. The summed E-state index contributed by atoms with van der Waals surface area (Å²) in [6.07, 6.45) is 0. The van der Waals surface area contributed by atoms with Crippen molar-refractivity contribution in [2.45, 2.75) is 4.90 Å². The number of benzene rings is 1. The van der Waals surface area contributed by atoms with Crippen LogP contribution < -0.4 is 4.72 Å². The lowest BCUT2D eigenvalue weighted by molar-refractivity contribution is -0.384. The third kappa shape index (κ3) is 3.49. The van der Waals surface area contributed by atoms with Gasteiger partial charge in [-0.05, 0) is 34.1 Å². The number of hydrogen-bond donors (Lipinski definition) is 1. The Morgan fingerprint density at radius 3 is 2.52 bits per heavy atom. The average Bonchev–Trinajstić information content (AvgIpc) is 2.38. The van der Waals surface area contributed by atoms with Crippen molar-refractivity contribution in [2.75, 3.05) is 4.72 Å². The standard InChI is InChI=1S/C11H7BrClN3O4S/c12-7-3-1-2-4-9(7)21(19,20)15-11-8(16(17)18)5-6-10(13)14-11/h1-6H,(H,14,15). The fraction of sp³-hybridized carbons (Fsp3) is 0. The predicted octanol–water partition coefficient (Wildman–Crippen LogP) is 3.21. The number of nitro groups is 1. The summed E-state index contributed by atoms with van der Waals surface area (Å²) in [5, 5.41) is 10.8. The van der Waals surface area contributed by atoms with Crippen molar-refractivity contribution in [2.24, 2.45) is 0 Å². The number of nitrogens with zero attached hydrogens (tertiary/aromatic N) is 2. The molecule has 21 heavy (non-hydrogen) atoms. The minimum atomic E-state index is -4.04. The molecule has 0 fully saturated rings. The van der Waals surface area contributed by atoms with Crippen molar-refractivity contribution >= 4 is 49.1 Å². The number of halogens is 2. The number of sulfonamides is 1. The molecular weight excluding hydrogens is 386 g/mol. The number of aromatic nitrogens is 1. The van der Waals surface area contributed by atoms with E-state index in [1.54, 1.807) is 6.07 Å². The fourth-order valence-corrected chi connectivity index (χ4v) is 3.66. The van der Waals surface area contributed by atoms with E-state index in [9.17, 15) is 18.5 Å². The molecule has 1 aromatic carbocycles. The van der Waals surface area contributed by atoms with E-state index in [0.29, 0.717) is 4.47 Å².